The quantitative estimate of drug-likeness (QED) is 0.528. The Morgan fingerprint density at radius 3 is 2.47 bits per heavy atom. The highest BCUT2D eigenvalue weighted by atomic mass is 16.5. The first kappa shape index (κ1) is 11.6. The summed E-state index contributed by atoms with van der Waals surface area (Å²) in [5.41, 5.74) is 0.365. The fourth-order valence-electron chi connectivity index (χ4n) is 1.73. The van der Waals surface area contributed by atoms with Crippen LogP contribution in [0.15, 0.2) is 54.3 Å². The number of allylic oxidation sites excluding steroid dienone is 2. The van der Waals surface area contributed by atoms with E-state index in [2.05, 4.69) is 0 Å². The van der Waals surface area contributed by atoms with Gasteiger partial charge in [-0.15, -0.1) is 0 Å². The normalized spacial score (nSPS) is 22.0. The topological polar surface area (TPSA) is 77.8 Å². The minimum atomic E-state index is -2.54. The number of rotatable bonds is 2. The van der Waals surface area contributed by atoms with Crippen LogP contribution in [0.5, 0.6) is 0 Å². The number of aliphatic hydroxyl groups excluding tert-OH is 1. The summed E-state index contributed by atoms with van der Waals surface area (Å²) in [7, 11) is 0. The largest absolute Gasteiger partial charge is 0.507 e. The molecule has 4 nitrogen and oxygen atoms in total. The van der Waals surface area contributed by atoms with Gasteiger partial charge in [-0.3, -0.25) is 4.79 Å². The van der Waals surface area contributed by atoms with Crippen molar-refractivity contribution in [2.24, 2.45) is 5.92 Å². The summed E-state index contributed by atoms with van der Waals surface area (Å²) in [6, 6.07) is 8.30. The van der Waals surface area contributed by atoms with Crippen molar-refractivity contribution in [3.63, 3.8) is 0 Å². The zero-order valence-corrected chi connectivity index (χ0v) is 8.95. The predicted octanol–water partition coefficient (Wildman–Crippen LogP) is 1.18. The van der Waals surface area contributed by atoms with Crippen LogP contribution in [-0.4, -0.2) is 26.9 Å². The highest BCUT2D eigenvalue weighted by Gasteiger charge is 2.43. The van der Waals surface area contributed by atoms with Crippen LogP contribution in [0, 0.1) is 5.92 Å². The molecular formula is C13H12O4. The van der Waals surface area contributed by atoms with Crippen molar-refractivity contribution in [2.75, 3.05) is 0 Å². The lowest BCUT2D eigenvalue weighted by atomic mass is 9.86. The van der Waals surface area contributed by atoms with Crippen LogP contribution in [0.4, 0.5) is 0 Å². The maximum Gasteiger partial charge on any atom is 0.236 e. The van der Waals surface area contributed by atoms with Crippen molar-refractivity contribution >= 4 is 5.78 Å². The van der Waals surface area contributed by atoms with Gasteiger partial charge >= 0.3 is 0 Å². The number of benzene rings is 1. The van der Waals surface area contributed by atoms with Crippen LogP contribution in [0.1, 0.15) is 10.4 Å². The molecule has 0 aromatic heterocycles. The van der Waals surface area contributed by atoms with Gasteiger partial charge in [-0.1, -0.05) is 42.5 Å². The Kier molecular flexibility index (Phi) is 2.83. The molecule has 0 bridgehead atoms. The van der Waals surface area contributed by atoms with E-state index in [0.717, 1.165) is 6.08 Å². The average Bonchev–Trinajstić information content (AvgIpc) is 2.33. The number of aliphatic hydroxyl groups is 3. The van der Waals surface area contributed by atoms with Crippen LogP contribution >= 0.6 is 0 Å². The number of Topliss-reactive ketones (excluding diaryl/α,β-unsaturated/α-hetero) is 1. The van der Waals surface area contributed by atoms with E-state index in [0.29, 0.717) is 5.56 Å². The third-order valence-electron chi connectivity index (χ3n) is 2.71. The molecule has 1 aliphatic carbocycles. The Labute approximate surface area is 98.1 Å². The summed E-state index contributed by atoms with van der Waals surface area (Å²) in [6.07, 6.45) is 3.93. The standard InChI is InChI=1S/C13H12O4/c14-11-8-4-7-10(13(11,16)17)12(15)9-5-2-1-3-6-9/h1-8,10,14,16-17H. The molecule has 0 radical (unpaired) electrons. The summed E-state index contributed by atoms with van der Waals surface area (Å²) in [5, 5.41) is 28.8. The van der Waals surface area contributed by atoms with E-state index in [1.54, 1.807) is 30.3 Å². The van der Waals surface area contributed by atoms with E-state index in [1.165, 1.54) is 12.2 Å². The van der Waals surface area contributed by atoms with Gasteiger partial charge in [0.15, 0.2) is 11.5 Å². The van der Waals surface area contributed by atoms with Crippen molar-refractivity contribution in [3.8, 4) is 0 Å². The molecule has 88 valence electrons. The highest BCUT2D eigenvalue weighted by molar-refractivity contribution is 6.00. The molecule has 3 N–H and O–H groups in total. The van der Waals surface area contributed by atoms with E-state index in [-0.39, 0.29) is 0 Å². The van der Waals surface area contributed by atoms with Gasteiger partial charge in [-0.25, -0.2) is 0 Å². The monoisotopic (exact) mass is 232 g/mol. The Morgan fingerprint density at radius 1 is 1.18 bits per heavy atom. The summed E-state index contributed by atoms with van der Waals surface area (Å²) in [5.74, 6) is -4.82. The molecule has 2 rings (SSSR count). The van der Waals surface area contributed by atoms with Crippen molar-refractivity contribution in [1.29, 1.82) is 0 Å². The van der Waals surface area contributed by atoms with Crippen LogP contribution < -0.4 is 0 Å². The first-order chi connectivity index (χ1) is 8.03. The molecule has 0 aliphatic heterocycles. The highest BCUT2D eigenvalue weighted by Crippen LogP contribution is 2.29. The number of carbonyl (C=O) groups excluding carboxylic acids is 1. The van der Waals surface area contributed by atoms with Crippen LogP contribution in [0.2, 0.25) is 0 Å². The lowest BCUT2D eigenvalue weighted by molar-refractivity contribution is -0.169. The zero-order valence-electron chi connectivity index (χ0n) is 8.95. The zero-order chi connectivity index (χ0) is 12.5. The SMILES string of the molecule is O=C(c1ccccc1)C1C=CC=C(O)C1(O)O. The Hall–Kier alpha value is -1.91. The number of hydrogen-bond acceptors (Lipinski definition) is 4. The van der Waals surface area contributed by atoms with Crippen molar-refractivity contribution in [2.45, 2.75) is 5.79 Å². The van der Waals surface area contributed by atoms with Gasteiger partial charge in [0, 0.05) is 5.56 Å². The van der Waals surface area contributed by atoms with Gasteiger partial charge in [-0.2, -0.15) is 0 Å². The molecule has 0 saturated carbocycles. The smallest absolute Gasteiger partial charge is 0.236 e. The lowest BCUT2D eigenvalue weighted by Gasteiger charge is -2.29. The molecule has 1 aromatic carbocycles. The van der Waals surface area contributed by atoms with Crippen LogP contribution in [-0.2, 0) is 0 Å². The molecule has 0 fully saturated rings. The van der Waals surface area contributed by atoms with Gasteiger partial charge in [0.05, 0.1) is 0 Å². The van der Waals surface area contributed by atoms with Crippen LogP contribution in [0.25, 0.3) is 0 Å². The molecule has 1 unspecified atom stereocenters. The van der Waals surface area contributed by atoms with Crippen molar-refractivity contribution in [3.05, 3.63) is 59.9 Å². The number of ketones is 1. The second-order valence-corrected chi connectivity index (χ2v) is 3.87. The molecule has 0 saturated heterocycles. The van der Waals surface area contributed by atoms with Gasteiger partial charge in [0.25, 0.3) is 0 Å². The molecule has 17 heavy (non-hydrogen) atoms. The van der Waals surface area contributed by atoms with Crippen molar-refractivity contribution in [1.82, 2.24) is 0 Å². The van der Waals surface area contributed by atoms with E-state index < -0.39 is 23.2 Å². The third-order valence-corrected chi connectivity index (χ3v) is 2.71. The minimum absolute atomic E-state index is 0.365. The minimum Gasteiger partial charge on any atom is -0.507 e. The van der Waals surface area contributed by atoms with Gasteiger partial charge in [0.2, 0.25) is 5.79 Å². The summed E-state index contributed by atoms with van der Waals surface area (Å²) in [4.78, 5) is 12.1. The molecular weight excluding hydrogens is 220 g/mol. The fourth-order valence-corrected chi connectivity index (χ4v) is 1.73. The van der Waals surface area contributed by atoms with Gasteiger partial charge in [-0.05, 0) is 6.08 Å². The third kappa shape index (κ3) is 2.00. The maximum absolute atomic E-state index is 12.1. The predicted molar refractivity (Wildman–Crippen MR) is 61.3 cm³/mol. The fraction of sp³-hybridized carbons (Fsp3) is 0.154. The second kappa shape index (κ2) is 4.16. The summed E-state index contributed by atoms with van der Waals surface area (Å²) >= 11 is 0. The molecule has 4 heteroatoms. The molecule has 0 heterocycles. The summed E-state index contributed by atoms with van der Waals surface area (Å²) in [6.45, 7) is 0. The summed E-state index contributed by atoms with van der Waals surface area (Å²) < 4.78 is 0. The molecule has 0 spiro atoms. The molecule has 1 aliphatic rings. The number of carbonyl (C=O) groups is 1. The maximum atomic E-state index is 12.1. The van der Waals surface area contributed by atoms with Crippen LogP contribution in [0.3, 0.4) is 0 Å². The van der Waals surface area contributed by atoms with E-state index in [4.69, 9.17) is 0 Å². The average molecular weight is 232 g/mol. The van der Waals surface area contributed by atoms with E-state index in [9.17, 15) is 20.1 Å². The first-order valence-electron chi connectivity index (χ1n) is 5.15. The van der Waals surface area contributed by atoms with Gasteiger partial charge < -0.3 is 15.3 Å². The Balaban J connectivity index is 2.34. The second-order valence-electron chi connectivity index (χ2n) is 3.87. The van der Waals surface area contributed by atoms with E-state index >= 15 is 0 Å². The van der Waals surface area contributed by atoms with E-state index in [1.807, 2.05) is 0 Å². The first-order valence-corrected chi connectivity index (χ1v) is 5.15. The molecule has 1 aromatic rings. The van der Waals surface area contributed by atoms with Gasteiger partial charge in [0.1, 0.15) is 5.92 Å². The molecule has 1 atom stereocenters. The Morgan fingerprint density at radius 2 is 1.82 bits per heavy atom. The number of hydrogen-bond donors (Lipinski definition) is 3. The lowest BCUT2D eigenvalue weighted by Crippen LogP contribution is -2.44. The molecule has 0 amide bonds. The van der Waals surface area contributed by atoms with Crippen molar-refractivity contribution < 1.29 is 20.1 Å². The Bertz CT molecular complexity index is 485.